The maximum atomic E-state index is 14.2. The summed E-state index contributed by atoms with van der Waals surface area (Å²) in [5.41, 5.74) is 2.14. The van der Waals surface area contributed by atoms with Crippen LogP contribution in [0.3, 0.4) is 0 Å². The third-order valence-corrected chi connectivity index (χ3v) is 6.70. The zero-order valence-electron chi connectivity index (χ0n) is 19.7. The number of halogens is 3. The molecule has 0 aromatic heterocycles. The fraction of sp³-hybridized carbons (Fsp3) is 0.444. The number of unbranched alkanes of at least 4 members (excludes halogenated alkanes) is 2. The molecule has 0 saturated carbocycles. The molecule has 6 heteroatoms. The number of anilines is 1. The molecule has 178 valence electrons. The monoisotopic (exact) mass is 490 g/mol. The molecule has 2 aromatic carbocycles. The average Bonchev–Trinajstić information content (AvgIpc) is 2.75. The van der Waals surface area contributed by atoms with Gasteiger partial charge < -0.3 is 9.80 Å². The van der Waals surface area contributed by atoms with Gasteiger partial charge in [0.05, 0.1) is 15.7 Å². The molecule has 1 saturated heterocycles. The second-order valence-corrected chi connectivity index (χ2v) is 10.1. The Morgan fingerprint density at radius 2 is 1.85 bits per heavy atom. The van der Waals surface area contributed by atoms with E-state index >= 15 is 0 Å². The minimum Gasteiger partial charge on any atom is -0.309 e. The Balaban J connectivity index is 1.72. The smallest absolute Gasteiger partial charge is 0.229 e. The first kappa shape index (κ1) is 25.7. The van der Waals surface area contributed by atoms with Gasteiger partial charge in [-0.15, -0.1) is 0 Å². The highest BCUT2D eigenvalue weighted by Gasteiger charge is 2.34. The van der Waals surface area contributed by atoms with E-state index in [1.54, 1.807) is 11.0 Å². The van der Waals surface area contributed by atoms with E-state index in [0.717, 1.165) is 31.4 Å². The van der Waals surface area contributed by atoms with Gasteiger partial charge in [-0.1, -0.05) is 60.5 Å². The standard InChI is InChI=1S/C27H33Cl2FN2O/c1-19-14-21(15-22-11-7-8-12-25(22)30)18-32(27(19)33)26-23(28)16-20(17-24(26)29)10-6-4-5-9-13-31(2)3/h6-8,10-12,16-17,19,21H,4-5,9,13-15,18H2,1-3H3/b10-6-/t19-,21-/m1/s1. The van der Waals surface area contributed by atoms with Gasteiger partial charge in [-0.25, -0.2) is 4.39 Å². The van der Waals surface area contributed by atoms with Gasteiger partial charge in [-0.05, 0) is 88.0 Å². The van der Waals surface area contributed by atoms with Crippen molar-refractivity contribution in [2.45, 2.75) is 39.0 Å². The van der Waals surface area contributed by atoms with Crippen molar-refractivity contribution in [3.8, 4) is 0 Å². The van der Waals surface area contributed by atoms with E-state index in [0.29, 0.717) is 40.7 Å². The van der Waals surface area contributed by atoms with E-state index in [4.69, 9.17) is 23.2 Å². The molecule has 1 fully saturated rings. The first-order valence-corrected chi connectivity index (χ1v) is 12.4. The summed E-state index contributed by atoms with van der Waals surface area (Å²) in [5.74, 6) is -0.247. The summed E-state index contributed by atoms with van der Waals surface area (Å²) < 4.78 is 14.2. The molecule has 1 amide bonds. The molecule has 2 atom stereocenters. The minimum atomic E-state index is -0.206. The van der Waals surface area contributed by atoms with Crippen molar-refractivity contribution in [1.29, 1.82) is 0 Å². The Morgan fingerprint density at radius 1 is 1.15 bits per heavy atom. The van der Waals surface area contributed by atoms with Crippen molar-refractivity contribution >= 4 is 40.9 Å². The molecule has 1 heterocycles. The Bertz CT molecular complexity index is 969. The van der Waals surface area contributed by atoms with Crippen molar-refractivity contribution in [2.24, 2.45) is 11.8 Å². The highest BCUT2D eigenvalue weighted by atomic mass is 35.5. The Kier molecular flexibility index (Phi) is 9.37. The van der Waals surface area contributed by atoms with Crippen molar-refractivity contribution in [1.82, 2.24) is 4.90 Å². The lowest BCUT2D eigenvalue weighted by molar-refractivity contribution is -0.124. The van der Waals surface area contributed by atoms with Gasteiger partial charge in [0.1, 0.15) is 5.82 Å². The lowest BCUT2D eigenvalue weighted by atomic mass is 9.85. The van der Waals surface area contributed by atoms with Crippen molar-refractivity contribution in [3.63, 3.8) is 0 Å². The fourth-order valence-electron chi connectivity index (χ4n) is 4.46. The maximum absolute atomic E-state index is 14.2. The van der Waals surface area contributed by atoms with Crippen LogP contribution in [0.1, 0.15) is 43.7 Å². The second kappa shape index (κ2) is 12.0. The van der Waals surface area contributed by atoms with Crippen LogP contribution in [0.25, 0.3) is 6.08 Å². The molecular weight excluding hydrogens is 458 g/mol. The topological polar surface area (TPSA) is 23.6 Å². The number of hydrogen-bond donors (Lipinski definition) is 0. The van der Waals surface area contributed by atoms with Crippen LogP contribution < -0.4 is 4.90 Å². The number of carbonyl (C=O) groups is 1. The SMILES string of the molecule is C[C@@H]1C[C@H](Cc2ccccc2F)CN(c2c(Cl)cc(/C=C\CCCCN(C)C)cc2Cl)C1=O. The van der Waals surface area contributed by atoms with Crippen molar-refractivity contribution in [3.05, 3.63) is 69.5 Å². The molecule has 0 radical (unpaired) electrons. The molecule has 3 nitrogen and oxygen atoms in total. The molecular formula is C27H33Cl2FN2O. The highest BCUT2D eigenvalue weighted by molar-refractivity contribution is 6.40. The summed E-state index contributed by atoms with van der Waals surface area (Å²) >= 11 is 13.3. The van der Waals surface area contributed by atoms with E-state index in [9.17, 15) is 9.18 Å². The minimum absolute atomic E-state index is 0.00719. The van der Waals surface area contributed by atoms with Crippen LogP contribution in [0.2, 0.25) is 10.0 Å². The number of benzene rings is 2. The molecule has 0 N–H and O–H groups in total. The molecule has 0 aliphatic carbocycles. The van der Waals surface area contributed by atoms with Gasteiger partial charge >= 0.3 is 0 Å². The van der Waals surface area contributed by atoms with Crippen LogP contribution in [0.4, 0.5) is 10.1 Å². The summed E-state index contributed by atoms with van der Waals surface area (Å²) in [6.07, 6.45) is 8.72. The second-order valence-electron chi connectivity index (χ2n) is 9.28. The van der Waals surface area contributed by atoms with E-state index in [2.05, 4.69) is 25.1 Å². The molecule has 33 heavy (non-hydrogen) atoms. The third kappa shape index (κ3) is 7.05. The number of amides is 1. The van der Waals surface area contributed by atoms with Gasteiger partial charge in [0.15, 0.2) is 0 Å². The quantitative estimate of drug-likeness (QED) is 0.349. The van der Waals surface area contributed by atoms with Crippen LogP contribution in [0.5, 0.6) is 0 Å². The van der Waals surface area contributed by atoms with Gasteiger partial charge in [0, 0.05) is 12.5 Å². The van der Waals surface area contributed by atoms with Crippen LogP contribution in [0, 0.1) is 17.7 Å². The van der Waals surface area contributed by atoms with Crippen LogP contribution in [-0.4, -0.2) is 38.0 Å². The van der Waals surface area contributed by atoms with E-state index < -0.39 is 0 Å². The van der Waals surface area contributed by atoms with E-state index in [1.807, 2.05) is 37.3 Å². The number of piperidine rings is 1. The Labute approximate surface area is 207 Å². The lowest BCUT2D eigenvalue weighted by Crippen LogP contribution is -2.45. The predicted octanol–water partition coefficient (Wildman–Crippen LogP) is 7.11. The predicted molar refractivity (Wildman–Crippen MR) is 138 cm³/mol. The van der Waals surface area contributed by atoms with Crippen molar-refractivity contribution in [2.75, 3.05) is 32.1 Å². The fourth-order valence-corrected chi connectivity index (χ4v) is 5.17. The number of allylic oxidation sites excluding steroid dienone is 1. The van der Waals surface area contributed by atoms with Gasteiger partial charge in [-0.2, -0.15) is 0 Å². The van der Waals surface area contributed by atoms with E-state index in [1.165, 1.54) is 6.07 Å². The summed E-state index contributed by atoms with van der Waals surface area (Å²) in [5, 5.41) is 0.920. The van der Waals surface area contributed by atoms with Gasteiger partial charge in [0.2, 0.25) is 5.91 Å². The largest absolute Gasteiger partial charge is 0.309 e. The van der Waals surface area contributed by atoms with Crippen molar-refractivity contribution < 1.29 is 9.18 Å². The highest BCUT2D eigenvalue weighted by Crippen LogP contribution is 2.39. The molecule has 1 aliphatic rings. The summed E-state index contributed by atoms with van der Waals surface area (Å²) in [6.45, 7) is 3.47. The van der Waals surface area contributed by atoms with Gasteiger partial charge in [0.25, 0.3) is 0 Å². The summed E-state index contributed by atoms with van der Waals surface area (Å²) in [4.78, 5) is 16.9. The average molecular weight is 491 g/mol. The zero-order chi connectivity index (χ0) is 24.0. The van der Waals surface area contributed by atoms with Crippen LogP contribution in [-0.2, 0) is 11.2 Å². The summed E-state index contributed by atoms with van der Waals surface area (Å²) in [7, 11) is 4.16. The first-order valence-electron chi connectivity index (χ1n) is 11.6. The Morgan fingerprint density at radius 3 is 2.52 bits per heavy atom. The molecule has 2 aromatic rings. The van der Waals surface area contributed by atoms with Gasteiger partial charge in [-0.3, -0.25) is 4.79 Å². The molecule has 0 bridgehead atoms. The Hall–Kier alpha value is -1.88. The molecule has 1 aliphatic heterocycles. The maximum Gasteiger partial charge on any atom is 0.229 e. The van der Waals surface area contributed by atoms with Crippen LogP contribution in [0.15, 0.2) is 42.5 Å². The number of hydrogen-bond acceptors (Lipinski definition) is 2. The number of rotatable bonds is 9. The normalized spacial score (nSPS) is 19.1. The van der Waals surface area contributed by atoms with Crippen LogP contribution >= 0.6 is 23.2 Å². The molecule has 0 unspecified atom stereocenters. The molecule has 3 rings (SSSR count). The first-order chi connectivity index (χ1) is 15.8. The summed E-state index contributed by atoms with van der Waals surface area (Å²) in [6, 6.07) is 10.5. The molecule has 0 spiro atoms. The lowest BCUT2D eigenvalue weighted by Gasteiger charge is -2.37. The third-order valence-electron chi connectivity index (χ3n) is 6.13. The number of carbonyl (C=O) groups excluding carboxylic acids is 1. The number of nitrogens with zero attached hydrogens (tertiary/aromatic N) is 2. The zero-order valence-corrected chi connectivity index (χ0v) is 21.2. The van der Waals surface area contributed by atoms with E-state index in [-0.39, 0.29) is 23.6 Å².